The molecule has 0 radical (unpaired) electrons. The van der Waals surface area contributed by atoms with Gasteiger partial charge in [-0.3, -0.25) is 4.79 Å². The summed E-state index contributed by atoms with van der Waals surface area (Å²) in [4.78, 5) is 25.1. The average Bonchev–Trinajstić information content (AvgIpc) is 2.77. The Morgan fingerprint density at radius 2 is 1.27 bits per heavy atom. The van der Waals surface area contributed by atoms with Crippen LogP contribution in [0.5, 0.6) is 0 Å². The predicted molar refractivity (Wildman–Crippen MR) is 151 cm³/mol. The summed E-state index contributed by atoms with van der Waals surface area (Å²) in [5, 5.41) is 13.4. The fourth-order valence-electron chi connectivity index (χ4n) is 4.80. The van der Waals surface area contributed by atoms with Gasteiger partial charge in [-0.15, -0.1) is 0 Å². The zero-order valence-electron chi connectivity index (χ0n) is 23.7. The van der Waals surface area contributed by atoms with Crippen LogP contribution in [-0.2, 0) is 14.3 Å². The Balaban J connectivity index is 2.56. The molecule has 37 heavy (non-hydrogen) atoms. The van der Waals surface area contributed by atoms with Gasteiger partial charge in [-0.2, -0.15) is 0 Å². The molecule has 0 aliphatic heterocycles. The van der Waals surface area contributed by atoms with Gasteiger partial charge in [0.25, 0.3) is 0 Å². The highest BCUT2D eigenvalue weighted by Gasteiger charge is 2.34. The fraction of sp³-hybridized carbons (Fsp3) is 0.375. The van der Waals surface area contributed by atoms with Crippen molar-refractivity contribution in [2.45, 2.75) is 80.9 Å². The number of nitrogens with one attached hydrogen (secondary N) is 1. The summed E-state index contributed by atoms with van der Waals surface area (Å²) >= 11 is 0. The number of carbonyl (C=O) groups excluding carboxylic acids is 1. The van der Waals surface area contributed by atoms with Crippen LogP contribution in [0.3, 0.4) is 0 Å². The lowest BCUT2D eigenvalue weighted by molar-refractivity contribution is -0.160. The monoisotopic (exact) mass is 501 g/mol. The molecule has 2 N–H and O–H groups in total. The first-order valence-electron chi connectivity index (χ1n) is 12.6. The number of benzene rings is 3. The lowest BCUT2D eigenvalue weighted by Gasteiger charge is -2.31. The van der Waals surface area contributed by atoms with Gasteiger partial charge in [0.15, 0.2) is 6.10 Å². The SMILES string of the molecule is CC(=O)Nc1c(C)c(C(OC(C)(C)C)C(=O)O)c(-c2ccc(C)c(C)c2)c(C)c1-c1ccc(C)c(C)c1. The lowest BCUT2D eigenvalue weighted by atomic mass is 9.81. The minimum Gasteiger partial charge on any atom is -0.479 e. The van der Waals surface area contributed by atoms with E-state index in [0.29, 0.717) is 16.8 Å². The van der Waals surface area contributed by atoms with Gasteiger partial charge >= 0.3 is 5.97 Å². The number of rotatable bonds is 6. The largest absolute Gasteiger partial charge is 0.479 e. The summed E-state index contributed by atoms with van der Waals surface area (Å²) in [6, 6.07) is 12.4. The second-order valence-electron chi connectivity index (χ2n) is 11.0. The van der Waals surface area contributed by atoms with Crippen LogP contribution in [0.25, 0.3) is 22.3 Å². The van der Waals surface area contributed by atoms with Gasteiger partial charge in [0, 0.05) is 18.1 Å². The van der Waals surface area contributed by atoms with Crippen molar-refractivity contribution in [1.82, 2.24) is 0 Å². The van der Waals surface area contributed by atoms with Crippen LogP contribution in [0.1, 0.15) is 72.7 Å². The molecule has 3 rings (SSSR count). The van der Waals surface area contributed by atoms with E-state index in [1.165, 1.54) is 12.5 Å². The maximum absolute atomic E-state index is 12.7. The average molecular weight is 502 g/mol. The van der Waals surface area contributed by atoms with E-state index in [-0.39, 0.29) is 5.91 Å². The molecule has 3 aromatic rings. The topological polar surface area (TPSA) is 75.6 Å². The summed E-state index contributed by atoms with van der Waals surface area (Å²) in [5.41, 5.74) is 10.2. The minimum atomic E-state index is -1.23. The second kappa shape index (κ2) is 10.5. The van der Waals surface area contributed by atoms with Gasteiger partial charge in [0.2, 0.25) is 5.91 Å². The maximum atomic E-state index is 12.7. The standard InChI is InChI=1S/C32H39NO4/c1-17-11-13-24(15-19(17)3)26-21(5)27(25-14-12-18(2)20(4)16-25)29(33-23(7)34)22(6)28(26)30(31(35)36)37-32(8,9)10/h11-16,30H,1-10H3,(H,33,34)(H,35,36). The van der Waals surface area contributed by atoms with Crippen LogP contribution in [0.4, 0.5) is 5.69 Å². The van der Waals surface area contributed by atoms with Crippen molar-refractivity contribution in [1.29, 1.82) is 0 Å². The van der Waals surface area contributed by atoms with Gasteiger partial charge in [-0.05, 0) is 112 Å². The van der Waals surface area contributed by atoms with E-state index < -0.39 is 17.7 Å². The minimum absolute atomic E-state index is 0.221. The highest BCUT2D eigenvalue weighted by molar-refractivity contribution is 6.00. The Bertz CT molecular complexity index is 1380. The van der Waals surface area contributed by atoms with Gasteiger partial charge in [-0.25, -0.2) is 4.79 Å². The summed E-state index contributed by atoms with van der Waals surface area (Å²) in [7, 11) is 0. The van der Waals surface area contributed by atoms with E-state index in [9.17, 15) is 14.7 Å². The Morgan fingerprint density at radius 3 is 1.68 bits per heavy atom. The number of ether oxygens (including phenoxy) is 1. The smallest absolute Gasteiger partial charge is 0.337 e. The zero-order valence-corrected chi connectivity index (χ0v) is 23.7. The Kier molecular flexibility index (Phi) is 7.99. The van der Waals surface area contributed by atoms with Gasteiger partial charge in [0.1, 0.15) is 0 Å². The van der Waals surface area contributed by atoms with Gasteiger partial charge < -0.3 is 15.2 Å². The molecule has 0 bridgehead atoms. The van der Waals surface area contributed by atoms with E-state index in [1.54, 1.807) is 0 Å². The molecule has 0 aliphatic carbocycles. The highest BCUT2D eigenvalue weighted by Crippen LogP contribution is 2.47. The van der Waals surface area contributed by atoms with Crippen molar-refractivity contribution in [3.05, 3.63) is 75.3 Å². The summed E-state index contributed by atoms with van der Waals surface area (Å²) < 4.78 is 6.17. The van der Waals surface area contributed by atoms with Gasteiger partial charge in [0.05, 0.1) is 11.3 Å². The predicted octanol–water partition coefficient (Wildman–Crippen LogP) is 7.77. The number of hydrogen-bond donors (Lipinski definition) is 2. The number of carboxylic acids is 1. The zero-order chi connectivity index (χ0) is 27.8. The summed E-state index contributed by atoms with van der Waals surface area (Å²) in [5.74, 6) is -1.30. The molecule has 1 amide bonds. The van der Waals surface area contributed by atoms with Crippen molar-refractivity contribution < 1.29 is 19.4 Å². The molecule has 1 unspecified atom stereocenters. The molecule has 196 valence electrons. The highest BCUT2D eigenvalue weighted by atomic mass is 16.5. The van der Waals surface area contributed by atoms with Crippen LogP contribution in [0, 0.1) is 41.5 Å². The third-order valence-corrected chi connectivity index (χ3v) is 6.90. The fourth-order valence-corrected chi connectivity index (χ4v) is 4.80. The number of carboxylic acid groups (broad SMARTS) is 1. The second-order valence-corrected chi connectivity index (χ2v) is 11.0. The van der Waals surface area contributed by atoms with Crippen molar-refractivity contribution in [2.75, 3.05) is 5.32 Å². The molecule has 5 heteroatoms. The van der Waals surface area contributed by atoms with E-state index in [2.05, 4.69) is 63.3 Å². The summed E-state index contributed by atoms with van der Waals surface area (Å²) in [6.45, 7) is 19.1. The molecule has 0 heterocycles. The molecular weight excluding hydrogens is 462 g/mol. The van der Waals surface area contributed by atoms with Crippen LogP contribution >= 0.6 is 0 Å². The molecule has 0 aliphatic rings. The molecule has 0 saturated heterocycles. The van der Waals surface area contributed by atoms with E-state index in [0.717, 1.165) is 44.5 Å². The number of aliphatic carboxylic acids is 1. The van der Waals surface area contributed by atoms with Crippen molar-refractivity contribution in [2.24, 2.45) is 0 Å². The first-order chi connectivity index (χ1) is 17.1. The van der Waals surface area contributed by atoms with E-state index >= 15 is 0 Å². The molecule has 5 nitrogen and oxygen atoms in total. The molecule has 0 saturated carbocycles. The van der Waals surface area contributed by atoms with Crippen LogP contribution in [0.2, 0.25) is 0 Å². The van der Waals surface area contributed by atoms with E-state index in [1.807, 2.05) is 40.7 Å². The Morgan fingerprint density at radius 1 is 0.784 bits per heavy atom. The molecule has 1 atom stereocenters. The van der Waals surface area contributed by atoms with Crippen molar-refractivity contribution in [3.8, 4) is 22.3 Å². The maximum Gasteiger partial charge on any atom is 0.337 e. The first kappa shape index (κ1) is 28.1. The van der Waals surface area contributed by atoms with E-state index in [4.69, 9.17) is 4.74 Å². The Hall–Kier alpha value is -3.44. The number of carbonyl (C=O) groups is 2. The number of anilines is 1. The normalized spacial score (nSPS) is 12.4. The molecule has 0 spiro atoms. The number of aryl methyl sites for hydroxylation is 4. The first-order valence-corrected chi connectivity index (χ1v) is 12.6. The number of hydrogen-bond acceptors (Lipinski definition) is 3. The lowest BCUT2D eigenvalue weighted by Crippen LogP contribution is -2.29. The Labute approximate surface area is 220 Å². The molecular formula is C32H39NO4. The van der Waals surface area contributed by atoms with Crippen molar-refractivity contribution in [3.63, 3.8) is 0 Å². The third kappa shape index (κ3) is 5.94. The summed E-state index contributed by atoms with van der Waals surface area (Å²) in [6.07, 6.45) is -1.23. The third-order valence-electron chi connectivity index (χ3n) is 6.90. The van der Waals surface area contributed by atoms with Crippen LogP contribution < -0.4 is 5.32 Å². The van der Waals surface area contributed by atoms with Gasteiger partial charge in [-0.1, -0.05) is 36.4 Å². The quantitative estimate of drug-likeness (QED) is 0.362. The molecule has 3 aromatic carbocycles. The number of amides is 1. The van der Waals surface area contributed by atoms with Crippen molar-refractivity contribution >= 4 is 17.6 Å². The molecule has 0 aromatic heterocycles. The van der Waals surface area contributed by atoms with Crippen LogP contribution in [-0.4, -0.2) is 22.6 Å². The molecule has 0 fully saturated rings. The van der Waals surface area contributed by atoms with Crippen LogP contribution in [0.15, 0.2) is 36.4 Å².